The van der Waals surface area contributed by atoms with Crippen molar-refractivity contribution in [2.45, 2.75) is 32.4 Å². The van der Waals surface area contributed by atoms with Gasteiger partial charge in [-0.3, -0.25) is 4.79 Å². The summed E-state index contributed by atoms with van der Waals surface area (Å²) in [5, 5.41) is 0.953. The van der Waals surface area contributed by atoms with E-state index in [4.69, 9.17) is 11.6 Å². The van der Waals surface area contributed by atoms with Gasteiger partial charge in [0.25, 0.3) is 0 Å². The SMILES string of the molecule is C/C(=N\[S@](=O)C(C)(C)C)c1c(-c2ccccc2)[nH]c2c(Cl)cccc2c1=O. The smallest absolute Gasteiger partial charge is 0.199 e. The third-order valence-corrected chi connectivity index (χ3v) is 5.96. The van der Waals surface area contributed by atoms with E-state index in [1.807, 2.05) is 51.1 Å². The molecule has 0 saturated carbocycles. The van der Waals surface area contributed by atoms with Crippen molar-refractivity contribution in [3.05, 3.63) is 69.3 Å². The first-order chi connectivity index (χ1) is 12.7. The van der Waals surface area contributed by atoms with Crippen LogP contribution in [-0.2, 0) is 11.0 Å². The molecular formula is C21H21ClN2O2S. The summed E-state index contributed by atoms with van der Waals surface area (Å²) in [6.45, 7) is 7.27. The molecule has 1 N–H and O–H groups in total. The molecule has 4 nitrogen and oxygen atoms in total. The molecule has 0 bridgehead atoms. The number of nitrogens with one attached hydrogen (secondary N) is 1. The summed E-state index contributed by atoms with van der Waals surface area (Å²) in [7, 11) is -1.47. The van der Waals surface area contributed by atoms with Crippen LogP contribution in [0.5, 0.6) is 0 Å². The number of aromatic amines is 1. The van der Waals surface area contributed by atoms with Crippen LogP contribution in [0.4, 0.5) is 0 Å². The van der Waals surface area contributed by atoms with E-state index in [1.54, 1.807) is 25.1 Å². The van der Waals surface area contributed by atoms with Crippen molar-refractivity contribution in [3.63, 3.8) is 0 Å². The number of fused-ring (bicyclic) bond motifs is 1. The minimum absolute atomic E-state index is 0.183. The van der Waals surface area contributed by atoms with E-state index in [9.17, 15) is 9.00 Å². The van der Waals surface area contributed by atoms with Crippen molar-refractivity contribution >= 4 is 39.2 Å². The molecule has 3 aromatic rings. The Balaban J connectivity index is 2.37. The second-order valence-corrected chi connectivity index (χ2v) is 9.58. The molecule has 0 saturated heterocycles. The molecule has 0 amide bonds. The number of nitrogens with zero attached hydrogens (tertiary/aromatic N) is 1. The molecule has 0 aliphatic heterocycles. The molecule has 0 spiro atoms. The number of rotatable bonds is 3. The highest BCUT2D eigenvalue weighted by Crippen LogP contribution is 2.27. The van der Waals surface area contributed by atoms with Crippen molar-refractivity contribution in [1.82, 2.24) is 4.98 Å². The fourth-order valence-electron chi connectivity index (χ4n) is 2.75. The zero-order chi connectivity index (χ0) is 19.8. The molecule has 1 atom stereocenters. The molecule has 3 rings (SSSR count). The Bertz CT molecular complexity index is 1110. The third kappa shape index (κ3) is 3.89. The number of H-pyrrole nitrogens is 1. The number of hydrogen-bond acceptors (Lipinski definition) is 2. The van der Waals surface area contributed by atoms with Gasteiger partial charge in [0.1, 0.15) is 11.0 Å². The van der Waals surface area contributed by atoms with E-state index in [0.29, 0.717) is 32.9 Å². The summed E-state index contributed by atoms with van der Waals surface area (Å²) in [4.78, 5) is 16.6. The predicted molar refractivity (Wildman–Crippen MR) is 115 cm³/mol. The molecule has 0 radical (unpaired) electrons. The van der Waals surface area contributed by atoms with Gasteiger partial charge in [-0.15, -0.1) is 0 Å². The maximum absolute atomic E-state index is 13.3. The van der Waals surface area contributed by atoms with E-state index < -0.39 is 15.7 Å². The molecule has 1 heterocycles. The molecule has 140 valence electrons. The van der Waals surface area contributed by atoms with Crippen molar-refractivity contribution in [3.8, 4) is 11.3 Å². The van der Waals surface area contributed by atoms with Crippen LogP contribution < -0.4 is 5.43 Å². The largest absolute Gasteiger partial charge is 0.353 e. The summed E-state index contributed by atoms with van der Waals surface area (Å²) >= 11 is 6.32. The second-order valence-electron chi connectivity index (χ2n) is 7.27. The number of benzene rings is 2. The molecule has 0 aliphatic rings. The summed E-state index contributed by atoms with van der Waals surface area (Å²) in [5.74, 6) is 0. The maximum atomic E-state index is 13.3. The van der Waals surface area contributed by atoms with Crippen molar-refractivity contribution in [2.75, 3.05) is 0 Å². The lowest BCUT2D eigenvalue weighted by atomic mass is 10.00. The zero-order valence-electron chi connectivity index (χ0n) is 15.7. The standard InChI is InChI=1S/C21H21ClN2O2S/c1-13(24-27(26)21(2,3)4)17-18(14-9-6-5-7-10-14)23-19-15(20(17)25)11-8-12-16(19)22/h5-12H,1-4H3,(H,23,25)/b24-13+/t27-/m1/s1. The number of halogens is 1. The van der Waals surface area contributed by atoms with Gasteiger partial charge in [0.05, 0.1) is 32.3 Å². The number of para-hydroxylation sites is 1. The zero-order valence-corrected chi connectivity index (χ0v) is 17.2. The van der Waals surface area contributed by atoms with Gasteiger partial charge >= 0.3 is 0 Å². The summed E-state index contributed by atoms with van der Waals surface area (Å²) in [6, 6.07) is 14.7. The Kier molecular flexibility index (Phi) is 5.36. The normalized spacial score (nSPS) is 13.7. The molecule has 1 aromatic heterocycles. The number of pyridine rings is 1. The maximum Gasteiger partial charge on any atom is 0.199 e. The van der Waals surface area contributed by atoms with E-state index in [0.717, 1.165) is 5.56 Å². The van der Waals surface area contributed by atoms with Crippen molar-refractivity contribution in [2.24, 2.45) is 4.40 Å². The first-order valence-corrected chi connectivity index (χ1v) is 10.1. The lowest BCUT2D eigenvalue weighted by Crippen LogP contribution is -2.23. The second kappa shape index (κ2) is 7.41. The molecule has 6 heteroatoms. The van der Waals surface area contributed by atoms with Crippen molar-refractivity contribution in [1.29, 1.82) is 0 Å². The topological polar surface area (TPSA) is 62.3 Å². The molecule has 27 heavy (non-hydrogen) atoms. The fourth-order valence-corrected chi connectivity index (χ4v) is 3.59. The van der Waals surface area contributed by atoms with Crippen LogP contribution in [0.15, 0.2) is 57.7 Å². The Morgan fingerprint density at radius 1 is 1.07 bits per heavy atom. The Labute approximate surface area is 165 Å². The van der Waals surface area contributed by atoms with E-state index in [-0.39, 0.29) is 5.43 Å². The summed E-state index contributed by atoms with van der Waals surface area (Å²) < 4.78 is 16.3. The first-order valence-electron chi connectivity index (χ1n) is 8.57. The minimum Gasteiger partial charge on any atom is -0.353 e. The highest BCUT2D eigenvalue weighted by molar-refractivity contribution is 7.85. The Hall–Kier alpha value is -2.24. The minimum atomic E-state index is -1.47. The van der Waals surface area contributed by atoms with Crippen LogP contribution in [0.25, 0.3) is 22.2 Å². The monoisotopic (exact) mass is 400 g/mol. The van der Waals surface area contributed by atoms with E-state index >= 15 is 0 Å². The van der Waals surface area contributed by atoms with Crippen molar-refractivity contribution < 1.29 is 4.21 Å². The van der Waals surface area contributed by atoms with Crippen LogP contribution >= 0.6 is 11.6 Å². The van der Waals surface area contributed by atoms with Crippen LogP contribution in [-0.4, -0.2) is 19.7 Å². The van der Waals surface area contributed by atoms with Gasteiger partial charge in [0.15, 0.2) is 5.43 Å². The van der Waals surface area contributed by atoms with Gasteiger partial charge in [-0.05, 0) is 45.4 Å². The van der Waals surface area contributed by atoms with Crippen LogP contribution in [0.3, 0.4) is 0 Å². The van der Waals surface area contributed by atoms with Gasteiger partial charge in [-0.2, -0.15) is 4.40 Å². The lowest BCUT2D eigenvalue weighted by Gasteiger charge is -2.16. The Morgan fingerprint density at radius 3 is 2.37 bits per heavy atom. The number of hydrogen-bond donors (Lipinski definition) is 1. The molecule has 0 unspecified atom stereocenters. The number of aromatic nitrogens is 1. The fraction of sp³-hybridized carbons (Fsp3) is 0.238. The third-order valence-electron chi connectivity index (χ3n) is 4.15. The van der Waals surface area contributed by atoms with E-state index in [1.165, 1.54) is 0 Å². The molecule has 0 aliphatic carbocycles. The molecular weight excluding hydrogens is 380 g/mol. The lowest BCUT2D eigenvalue weighted by molar-refractivity contribution is 0.650. The predicted octanol–water partition coefficient (Wildman–Crippen LogP) is 5.12. The Morgan fingerprint density at radius 2 is 1.74 bits per heavy atom. The summed E-state index contributed by atoms with van der Waals surface area (Å²) in [6.07, 6.45) is 0. The molecule has 0 fully saturated rings. The average molecular weight is 401 g/mol. The first kappa shape index (κ1) is 19.5. The highest BCUT2D eigenvalue weighted by atomic mass is 35.5. The van der Waals surface area contributed by atoms with Gasteiger partial charge in [-0.25, -0.2) is 4.21 Å². The van der Waals surface area contributed by atoms with Gasteiger partial charge in [-0.1, -0.05) is 48.0 Å². The van der Waals surface area contributed by atoms with Gasteiger partial charge in [0, 0.05) is 5.39 Å². The van der Waals surface area contributed by atoms with Crippen LogP contribution in [0.2, 0.25) is 5.02 Å². The molecule has 2 aromatic carbocycles. The van der Waals surface area contributed by atoms with Crippen LogP contribution in [0.1, 0.15) is 33.3 Å². The van der Waals surface area contributed by atoms with Crippen LogP contribution in [0, 0.1) is 0 Å². The van der Waals surface area contributed by atoms with Gasteiger partial charge in [0.2, 0.25) is 0 Å². The average Bonchev–Trinajstić information content (AvgIpc) is 2.62. The summed E-state index contributed by atoms with van der Waals surface area (Å²) in [5.41, 5.74) is 2.70. The highest BCUT2D eigenvalue weighted by Gasteiger charge is 2.22. The quantitative estimate of drug-likeness (QED) is 0.620. The van der Waals surface area contributed by atoms with Gasteiger partial charge < -0.3 is 4.98 Å². The van der Waals surface area contributed by atoms with E-state index in [2.05, 4.69) is 9.38 Å².